The van der Waals surface area contributed by atoms with Gasteiger partial charge in [-0.3, -0.25) is 14.4 Å². The van der Waals surface area contributed by atoms with Crippen molar-refractivity contribution in [2.45, 2.75) is 58.4 Å². The van der Waals surface area contributed by atoms with E-state index in [1.165, 1.54) is 0 Å². The molecule has 0 amide bonds. The van der Waals surface area contributed by atoms with Crippen LogP contribution in [0.2, 0.25) is 18.1 Å². The molecule has 4 nitrogen and oxygen atoms in total. The van der Waals surface area contributed by atoms with Gasteiger partial charge in [0.2, 0.25) is 0 Å². The molecule has 172 valence electrons. The van der Waals surface area contributed by atoms with E-state index in [-0.39, 0.29) is 22.4 Å². The number of fused-ring (bicyclic) bond motifs is 2. The van der Waals surface area contributed by atoms with Crippen molar-refractivity contribution in [1.29, 1.82) is 0 Å². The molecule has 0 fully saturated rings. The minimum absolute atomic E-state index is 0.128. The summed E-state index contributed by atoms with van der Waals surface area (Å²) in [6, 6.07) is 15.8. The highest BCUT2D eigenvalue weighted by atomic mass is 28.4. The summed E-state index contributed by atoms with van der Waals surface area (Å²) in [4.78, 5) is 42.5. The lowest BCUT2D eigenvalue weighted by Gasteiger charge is -2.51. The maximum Gasteiger partial charge on any atom is 0.192 e. The summed E-state index contributed by atoms with van der Waals surface area (Å²) in [6.07, 6.45) is 1.55. The van der Waals surface area contributed by atoms with Crippen molar-refractivity contribution in [2.24, 2.45) is 11.3 Å². The van der Waals surface area contributed by atoms with Gasteiger partial charge in [-0.1, -0.05) is 81.4 Å². The molecule has 0 bridgehead atoms. The second-order valence-electron chi connectivity index (χ2n) is 10.8. The quantitative estimate of drug-likeness (QED) is 0.233. The van der Waals surface area contributed by atoms with Crippen LogP contribution >= 0.6 is 0 Å². The Morgan fingerprint density at radius 1 is 0.970 bits per heavy atom. The van der Waals surface area contributed by atoms with Crippen molar-refractivity contribution in [2.75, 3.05) is 0 Å². The number of ketones is 3. The molecule has 5 heteroatoms. The van der Waals surface area contributed by atoms with Gasteiger partial charge in [-0.25, -0.2) is 0 Å². The summed E-state index contributed by atoms with van der Waals surface area (Å²) in [5.41, 5.74) is 0.397. The first-order valence-electron chi connectivity index (χ1n) is 11.6. The number of hydrogen-bond donors (Lipinski definition) is 0. The van der Waals surface area contributed by atoms with Crippen LogP contribution in [0.5, 0.6) is 0 Å². The summed E-state index contributed by atoms with van der Waals surface area (Å²) >= 11 is 0. The van der Waals surface area contributed by atoms with Gasteiger partial charge in [-0.15, -0.1) is 0 Å². The highest BCUT2D eigenvalue weighted by Gasteiger charge is 2.65. The van der Waals surface area contributed by atoms with Crippen molar-refractivity contribution in [3.8, 4) is 0 Å². The Bertz CT molecular complexity index is 1160. The third-order valence-corrected chi connectivity index (χ3v) is 12.2. The largest absolute Gasteiger partial charge is 0.409 e. The number of hydrogen-bond acceptors (Lipinski definition) is 4. The van der Waals surface area contributed by atoms with Crippen molar-refractivity contribution in [3.63, 3.8) is 0 Å². The van der Waals surface area contributed by atoms with E-state index < -0.39 is 25.8 Å². The normalized spacial score (nSPS) is 25.2. The smallest absolute Gasteiger partial charge is 0.192 e. The molecule has 4 rings (SSSR count). The maximum atomic E-state index is 14.4. The zero-order chi connectivity index (χ0) is 24.2. The standard InChI is InChI=1S/C28H32O4Si/c1-18-16-17-22-23(29)20-14-10-11-15-21(20)25(31)28(22,24(30)19-12-8-7-9-13-19)26(18)32-33(5,6)27(2,3)4/h7-16,22,26H,17H2,1-6H3/t22-,26-,28+/m0/s1. The van der Waals surface area contributed by atoms with Crippen LogP contribution in [0.3, 0.4) is 0 Å². The van der Waals surface area contributed by atoms with E-state index >= 15 is 0 Å². The third-order valence-electron chi connectivity index (χ3n) is 7.81. The van der Waals surface area contributed by atoms with Gasteiger partial charge in [-0.05, 0) is 37.0 Å². The Kier molecular flexibility index (Phi) is 5.70. The first-order chi connectivity index (χ1) is 15.4. The van der Waals surface area contributed by atoms with Gasteiger partial charge in [0.1, 0.15) is 5.41 Å². The van der Waals surface area contributed by atoms with E-state index in [0.717, 1.165) is 5.57 Å². The molecule has 2 aromatic rings. The number of carbonyl (C=O) groups is 3. The average Bonchev–Trinajstić information content (AvgIpc) is 2.78. The second kappa shape index (κ2) is 7.99. The zero-order valence-electron chi connectivity index (χ0n) is 20.3. The minimum atomic E-state index is -2.40. The van der Waals surface area contributed by atoms with Crippen LogP contribution < -0.4 is 0 Å². The van der Waals surface area contributed by atoms with Crippen molar-refractivity contribution in [1.82, 2.24) is 0 Å². The van der Waals surface area contributed by atoms with Gasteiger partial charge >= 0.3 is 0 Å². The van der Waals surface area contributed by atoms with E-state index in [1.807, 2.05) is 19.1 Å². The molecule has 0 N–H and O–H groups in total. The number of rotatable bonds is 4. The molecule has 0 spiro atoms. The van der Waals surface area contributed by atoms with E-state index in [4.69, 9.17) is 4.43 Å². The fourth-order valence-electron chi connectivity index (χ4n) is 4.90. The van der Waals surface area contributed by atoms with Gasteiger partial charge in [0.15, 0.2) is 25.7 Å². The number of Topliss-reactive ketones (excluding diaryl/α,β-unsaturated/α-hetero) is 3. The molecule has 33 heavy (non-hydrogen) atoms. The van der Waals surface area contributed by atoms with Gasteiger partial charge in [0, 0.05) is 22.6 Å². The molecule has 2 aromatic carbocycles. The molecule has 0 aromatic heterocycles. The van der Waals surface area contributed by atoms with Crippen LogP contribution in [-0.4, -0.2) is 31.8 Å². The lowest BCUT2D eigenvalue weighted by Crippen LogP contribution is -2.63. The predicted octanol–water partition coefficient (Wildman–Crippen LogP) is 6.29. The molecule has 2 aliphatic carbocycles. The van der Waals surface area contributed by atoms with Crippen molar-refractivity contribution < 1.29 is 18.8 Å². The highest BCUT2D eigenvalue weighted by molar-refractivity contribution is 6.74. The Labute approximate surface area is 197 Å². The SMILES string of the molecule is CC1=CC[C@H]2C(=O)c3ccccc3C(=O)[C@@]2(C(=O)c2ccccc2)[C@H]1O[Si](C)(C)C(C)(C)C. The molecular formula is C28H32O4Si. The number of allylic oxidation sites excluding steroid dienone is 1. The second-order valence-corrected chi connectivity index (χ2v) is 15.6. The van der Waals surface area contributed by atoms with Gasteiger partial charge < -0.3 is 4.43 Å². The number of benzene rings is 2. The van der Waals surface area contributed by atoms with Crippen LogP contribution in [0.1, 0.15) is 65.2 Å². The Hall–Kier alpha value is -2.63. The van der Waals surface area contributed by atoms with Crippen LogP contribution in [0, 0.1) is 11.3 Å². The van der Waals surface area contributed by atoms with Gasteiger partial charge in [0.05, 0.1) is 6.10 Å². The molecule has 2 aliphatic rings. The van der Waals surface area contributed by atoms with E-state index in [0.29, 0.717) is 23.1 Å². The van der Waals surface area contributed by atoms with Crippen LogP contribution in [0.25, 0.3) is 0 Å². The summed E-state index contributed by atoms with van der Waals surface area (Å²) < 4.78 is 6.88. The van der Waals surface area contributed by atoms with Crippen molar-refractivity contribution in [3.05, 3.63) is 82.9 Å². The first kappa shape index (κ1) is 23.5. The maximum absolute atomic E-state index is 14.4. The molecule has 0 radical (unpaired) electrons. The first-order valence-corrected chi connectivity index (χ1v) is 14.5. The molecule has 0 heterocycles. The zero-order valence-corrected chi connectivity index (χ0v) is 21.3. The van der Waals surface area contributed by atoms with Crippen LogP contribution in [0.4, 0.5) is 0 Å². The Morgan fingerprint density at radius 3 is 2.15 bits per heavy atom. The molecule has 0 saturated heterocycles. The van der Waals surface area contributed by atoms with Crippen molar-refractivity contribution >= 4 is 25.7 Å². The highest BCUT2D eigenvalue weighted by Crippen LogP contribution is 2.53. The summed E-state index contributed by atoms with van der Waals surface area (Å²) in [5, 5.41) is -0.128. The monoisotopic (exact) mass is 460 g/mol. The molecule has 3 atom stereocenters. The van der Waals surface area contributed by atoms with E-state index in [2.05, 4.69) is 33.9 Å². The van der Waals surface area contributed by atoms with Crippen LogP contribution in [-0.2, 0) is 4.43 Å². The topological polar surface area (TPSA) is 60.4 Å². The minimum Gasteiger partial charge on any atom is -0.409 e. The lowest BCUT2D eigenvalue weighted by atomic mass is 9.53. The summed E-state index contributed by atoms with van der Waals surface area (Å²) in [7, 11) is -2.40. The lowest BCUT2D eigenvalue weighted by molar-refractivity contribution is 0.0121. The molecule has 0 aliphatic heterocycles. The third kappa shape index (κ3) is 3.49. The Balaban J connectivity index is 2.01. The molecule has 0 saturated carbocycles. The van der Waals surface area contributed by atoms with E-state index in [1.54, 1.807) is 48.5 Å². The van der Waals surface area contributed by atoms with E-state index in [9.17, 15) is 14.4 Å². The summed E-state index contributed by atoms with van der Waals surface area (Å²) in [5.74, 6) is -1.56. The summed E-state index contributed by atoms with van der Waals surface area (Å²) in [6.45, 7) is 12.6. The average molecular weight is 461 g/mol. The van der Waals surface area contributed by atoms with Crippen LogP contribution in [0.15, 0.2) is 66.2 Å². The fourth-order valence-corrected chi connectivity index (χ4v) is 6.22. The van der Waals surface area contributed by atoms with Gasteiger partial charge in [0.25, 0.3) is 0 Å². The fraction of sp³-hybridized carbons (Fsp3) is 0.393. The predicted molar refractivity (Wildman–Crippen MR) is 132 cm³/mol. The molecular weight excluding hydrogens is 428 g/mol. The number of carbonyl (C=O) groups excluding carboxylic acids is 3. The van der Waals surface area contributed by atoms with Gasteiger partial charge in [-0.2, -0.15) is 0 Å². The molecule has 0 unspecified atom stereocenters. The Morgan fingerprint density at radius 2 is 1.55 bits per heavy atom.